The van der Waals surface area contributed by atoms with Crippen LogP contribution in [0.25, 0.3) is 27.6 Å². The number of imidazole rings is 1. The number of thiophene rings is 1. The number of aryl methyl sites for hydroxylation is 1. The molecule has 118 valence electrons. The van der Waals surface area contributed by atoms with Crippen LogP contribution in [-0.2, 0) is 0 Å². The summed E-state index contributed by atoms with van der Waals surface area (Å²) in [6, 6.07) is 8.70. The zero-order valence-electron chi connectivity index (χ0n) is 13.5. The molecule has 2 nitrogen and oxygen atoms in total. The highest BCUT2D eigenvalue weighted by atomic mass is 32.1. The predicted octanol–water partition coefficient (Wildman–Crippen LogP) is 6.19. The summed E-state index contributed by atoms with van der Waals surface area (Å²) in [4.78, 5) is 9.51. The first kappa shape index (κ1) is 14.7. The summed E-state index contributed by atoms with van der Waals surface area (Å²) in [6.45, 7) is 2.17. The first-order valence-corrected chi connectivity index (χ1v) is 9.40. The van der Waals surface area contributed by atoms with Gasteiger partial charge in [0.1, 0.15) is 5.82 Å². The second-order valence-electron chi connectivity index (χ2n) is 6.54. The molecule has 0 aliphatic heterocycles. The van der Waals surface area contributed by atoms with Gasteiger partial charge in [0, 0.05) is 4.88 Å². The summed E-state index contributed by atoms with van der Waals surface area (Å²) in [5.74, 6) is 1.71. The third-order valence-corrected chi connectivity index (χ3v) is 5.87. The number of fused-ring (bicyclic) bond motifs is 1. The minimum atomic E-state index is 0.737. The van der Waals surface area contributed by atoms with Crippen molar-refractivity contribution in [2.45, 2.75) is 39.0 Å². The Bertz CT molecular complexity index is 834. The summed E-state index contributed by atoms with van der Waals surface area (Å²) < 4.78 is 0. The highest BCUT2D eigenvalue weighted by molar-refractivity contribution is 7.13. The Morgan fingerprint density at radius 1 is 1.17 bits per heavy atom. The van der Waals surface area contributed by atoms with Gasteiger partial charge in [-0.1, -0.05) is 31.4 Å². The van der Waals surface area contributed by atoms with E-state index in [-0.39, 0.29) is 0 Å². The normalized spacial score (nSPS) is 16.6. The quantitative estimate of drug-likeness (QED) is 0.611. The van der Waals surface area contributed by atoms with Gasteiger partial charge in [0.15, 0.2) is 0 Å². The molecule has 3 aromatic rings. The summed E-state index contributed by atoms with van der Waals surface area (Å²) in [5, 5.41) is 2.15. The van der Waals surface area contributed by atoms with Gasteiger partial charge in [-0.15, -0.1) is 11.3 Å². The number of hydrogen-bond acceptors (Lipinski definition) is 2. The van der Waals surface area contributed by atoms with Crippen molar-refractivity contribution in [2.75, 3.05) is 0 Å². The maximum atomic E-state index is 4.70. The van der Waals surface area contributed by atoms with E-state index in [1.165, 1.54) is 48.1 Å². The minimum Gasteiger partial charge on any atom is -0.338 e. The molecule has 2 aromatic heterocycles. The van der Waals surface area contributed by atoms with Crippen LogP contribution in [0.5, 0.6) is 0 Å². The summed E-state index contributed by atoms with van der Waals surface area (Å²) in [6.07, 6.45) is 11.3. The summed E-state index contributed by atoms with van der Waals surface area (Å²) in [5.41, 5.74) is 4.78. The van der Waals surface area contributed by atoms with Crippen LogP contribution < -0.4 is 0 Å². The fourth-order valence-corrected chi connectivity index (χ4v) is 4.40. The van der Waals surface area contributed by atoms with Gasteiger partial charge in [0.2, 0.25) is 0 Å². The van der Waals surface area contributed by atoms with E-state index in [0.29, 0.717) is 0 Å². The Morgan fingerprint density at radius 2 is 2.04 bits per heavy atom. The smallest absolute Gasteiger partial charge is 0.130 e. The molecule has 1 aliphatic carbocycles. The van der Waals surface area contributed by atoms with Crippen molar-refractivity contribution in [3.63, 3.8) is 0 Å². The van der Waals surface area contributed by atoms with Gasteiger partial charge in [0.25, 0.3) is 0 Å². The highest BCUT2D eigenvalue weighted by Crippen LogP contribution is 2.31. The van der Waals surface area contributed by atoms with Crippen LogP contribution in [-0.4, -0.2) is 9.97 Å². The van der Waals surface area contributed by atoms with Crippen LogP contribution in [0.3, 0.4) is 0 Å². The average Bonchev–Trinajstić information content (AvgIpc) is 3.18. The van der Waals surface area contributed by atoms with Crippen molar-refractivity contribution in [2.24, 2.45) is 5.92 Å². The molecule has 1 N–H and O–H groups in total. The van der Waals surface area contributed by atoms with Crippen molar-refractivity contribution < 1.29 is 0 Å². The molecule has 1 fully saturated rings. The van der Waals surface area contributed by atoms with E-state index in [0.717, 1.165) is 22.8 Å². The Labute approximate surface area is 141 Å². The van der Waals surface area contributed by atoms with Crippen molar-refractivity contribution in [1.82, 2.24) is 9.97 Å². The Kier molecular flexibility index (Phi) is 4.04. The van der Waals surface area contributed by atoms with Crippen molar-refractivity contribution >= 4 is 28.4 Å². The van der Waals surface area contributed by atoms with E-state index in [1.807, 2.05) is 0 Å². The molecule has 0 saturated heterocycles. The molecule has 0 unspecified atom stereocenters. The number of nitrogens with one attached hydrogen (secondary N) is 1. The number of rotatable bonds is 3. The molecule has 1 aromatic carbocycles. The maximum Gasteiger partial charge on any atom is 0.130 e. The lowest BCUT2D eigenvalue weighted by Gasteiger charge is -2.17. The molecule has 4 rings (SSSR count). The van der Waals surface area contributed by atoms with Gasteiger partial charge >= 0.3 is 0 Å². The first-order valence-electron chi connectivity index (χ1n) is 8.52. The predicted molar refractivity (Wildman–Crippen MR) is 99.8 cm³/mol. The minimum absolute atomic E-state index is 0.737. The zero-order valence-corrected chi connectivity index (χ0v) is 14.3. The van der Waals surface area contributed by atoms with Crippen LogP contribution in [0.2, 0.25) is 0 Å². The van der Waals surface area contributed by atoms with Gasteiger partial charge in [-0.3, -0.25) is 0 Å². The highest BCUT2D eigenvalue weighted by Gasteiger charge is 2.10. The summed E-state index contributed by atoms with van der Waals surface area (Å²) in [7, 11) is 0. The second kappa shape index (κ2) is 6.32. The van der Waals surface area contributed by atoms with Gasteiger partial charge in [-0.2, -0.15) is 0 Å². The van der Waals surface area contributed by atoms with Crippen LogP contribution >= 0.6 is 11.3 Å². The number of hydrogen-bond donors (Lipinski definition) is 1. The number of aromatic nitrogens is 2. The molecule has 2 heterocycles. The molecule has 0 bridgehead atoms. The molecular formula is C20H22N2S. The van der Waals surface area contributed by atoms with Crippen LogP contribution in [0, 0.1) is 12.8 Å². The van der Waals surface area contributed by atoms with E-state index in [1.54, 1.807) is 11.3 Å². The van der Waals surface area contributed by atoms with Gasteiger partial charge in [-0.25, -0.2) is 4.98 Å². The van der Waals surface area contributed by atoms with Crippen LogP contribution in [0.15, 0.2) is 35.7 Å². The number of aromatic amines is 1. The monoisotopic (exact) mass is 322 g/mol. The van der Waals surface area contributed by atoms with Gasteiger partial charge in [-0.05, 0) is 66.5 Å². The van der Waals surface area contributed by atoms with Crippen molar-refractivity contribution in [3.8, 4) is 10.4 Å². The maximum absolute atomic E-state index is 4.70. The van der Waals surface area contributed by atoms with E-state index < -0.39 is 0 Å². The Morgan fingerprint density at radius 3 is 2.83 bits per heavy atom. The molecule has 1 saturated carbocycles. The fraction of sp³-hybridized carbons (Fsp3) is 0.350. The van der Waals surface area contributed by atoms with E-state index in [9.17, 15) is 0 Å². The van der Waals surface area contributed by atoms with Crippen LogP contribution in [0.1, 0.15) is 43.5 Å². The zero-order chi connectivity index (χ0) is 15.6. The van der Waals surface area contributed by atoms with E-state index in [2.05, 4.69) is 53.7 Å². The third kappa shape index (κ3) is 3.11. The Balaban J connectivity index is 1.60. The van der Waals surface area contributed by atoms with E-state index in [4.69, 9.17) is 4.98 Å². The fourth-order valence-electron chi connectivity index (χ4n) is 3.47. The van der Waals surface area contributed by atoms with Crippen LogP contribution in [0.4, 0.5) is 0 Å². The standard InChI is InChI=1S/C20H22N2S/c1-14-11-12-23-20(14)16-8-9-17-18(13-16)22-19(21-17)10-7-15-5-3-2-4-6-15/h7-13,15H,2-6H2,1H3,(H,21,22). The molecule has 0 amide bonds. The number of H-pyrrole nitrogens is 1. The Hall–Kier alpha value is -1.87. The van der Waals surface area contributed by atoms with Gasteiger partial charge < -0.3 is 4.98 Å². The molecule has 23 heavy (non-hydrogen) atoms. The first-order chi connectivity index (χ1) is 11.3. The van der Waals surface area contributed by atoms with Crippen molar-refractivity contribution in [3.05, 3.63) is 47.1 Å². The SMILES string of the molecule is Cc1ccsc1-c1ccc2nc(C=CC3CCCCC3)[nH]c2c1. The van der Waals surface area contributed by atoms with Gasteiger partial charge in [0.05, 0.1) is 11.0 Å². The topological polar surface area (TPSA) is 28.7 Å². The number of nitrogens with zero attached hydrogens (tertiary/aromatic N) is 1. The third-order valence-electron chi connectivity index (χ3n) is 4.80. The lowest BCUT2D eigenvalue weighted by molar-refractivity contribution is 0.420. The molecule has 1 aliphatic rings. The van der Waals surface area contributed by atoms with Crippen molar-refractivity contribution in [1.29, 1.82) is 0 Å². The lowest BCUT2D eigenvalue weighted by atomic mass is 9.89. The second-order valence-corrected chi connectivity index (χ2v) is 7.46. The molecule has 0 radical (unpaired) electrons. The molecule has 0 spiro atoms. The van der Waals surface area contributed by atoms with E-state index >= 15 is 0 Å². The largest absolute Gasteiger partial charge is 0.338 e. The molecule has 3 heteroatoms. The molecule has 0 atom stereocenters. The lowest BCUT2D eigenvalue weighted by Crippen LogP contribution is -2.02. The number of allylic oxidation sites excluding steroid dienone is 1. The summed E-state index contributed by atoms with van der Waals surface area (Å²) >= 11 is 1.80. The average molecular weight is 322 g/mol. The number of benzene rings is 1. The molecular weight excluding hydrogens is 300 g/mol.